The molecule has 1 amide bonds. The zero-order valence-corrected chi connectivity index (χ0v) is 19.6. The Morgan fingerprint density at radius 3 is 2.47 bits per heavy atom. The second-order valence-corrected chi connectivity index (χ2v) is 9.61. The van der Waals surface area contributed by atoms with Gasteiger partial charge in [-0.2, -0.15) is 0 Å². The minimum atomic E-state index is -3.73. The number of carbonyl (C=O) groups excluding carboxylic acids is 1. The summed E-state index contributed by atoms with van der Waals surface area (Å²) in [6, 6.07) is 10.0. The minimum Gasteiger partial charge on any atom is -0.484 e. The molecule has 0 saturated carbocycles. The summed E-state index contributed by atoms with van der Waals surface area (Å²) >= 11 is 0. The van der Waals surface area contributed by atoms with Crippen LogP contribution < -0.4 is 14.8 Å². The molecule has 1 aliphatic heterocycles. The molecule has 2 aromatic carbocycles. The van der Waals surface area contributed by atoms with Crippen molar-refractivity contribution in [1.82, 2.24) is 10.2 Å². The van der Waals surface area contributed by atoms with Crippen molar-refractivity contribution >= 4 is 21.6 Å². The topological polar surface area (TPSA) is 97.0 Å². The van der Waals surface area contributed by atoms with Crippen LogP contribution in [0.5, 0.6) is 5.75 Å². The van der Waals surface area contributed by atoms with Gasteiger partial charge in [-0.05, 0) is 67.8 Å². The van der Waals surface area contributed by atoms with E-state index in [2.05, 4.69) is 14.9 Å². The van der Waals surface area contributed by atoms with E-state index in [-0.39, 0.29) is 17.4 Å². The summed E-state index contributed by atoms with van der Waals surface area (Å²) in [5.74, 6) is 0.254. The fourth-order valence-electron chi connectivity index (χ4n) is 3.34. The van der Waals surface area contributed by atoms with Crippen LogP contribution in [0.4, 0.5) is 5.69 Å². The number of amides is 1. The van der Waals surface area contributed by atoms with Crippen LogP contribution in [0.25, 0.3) is 0 Å². The molecule has 0 aliphatic carbocycles. The van der Waals surface area contributed by atoms with E-state index in [1.165, 1.54) is 12.1 Å². The van der Waals surface area contributed by atoms with Crippen LogP contribution in [-0.2, 0) is 19.6 Å². The standard InChI is InChI=1S/C23H31N3O5S/c1-17-4-5-20(14-18(17)2)25-32(28,29)21-6-7-22(19(3)15-21)31-16-23(27)24-8-9-26-10-12-30-13-11-26/h4-7,14-15,25H,8-13,16H2,1-3H3,(H,24,27). The highest BCUT2D eigenvalue weighted by Crippen LogP contribution is 2.24. The average molecular weight is 462 g/mol. The van der Waals surface area contributed by atoms with Crippen LogP contribution in [0, 0.1) is 20.8 Å². The van der Waals surface area contributed by atoms with E-state index in [9.17, 15) is 13.2 Å². The fraction of sp³-hybridized carbons (Fsp3) is 0.435. The Labute approximate surface area is 190 Å². The highest BCUT2D eigenvalue weighted by molar-refractivity contribution is 7.92. The molecule has 1 aliphatic rings. The van der Waals surface area contributed by atoms with Crippen LogP contribution in [0.15, 0.2) is 41.3 Å². The third-order valence-electron chi connectivity index (χ3n) is 5.43. The van der Waals surface area contributed by atoms with Gasteiger partial charge in [0.1, 0.15) is 5.75 Å². The zero-order chi connectivity index (χ0) is 23.1. The number of aryl methyl sites for hydroxylation is 3. The molecule has 0 unspecified atom stereocenters. The Bertz CT molecular complexity index is 1050. The minimum absolute atomic E-state index is 0.128. The number of carbonyl (C=O) groups is 1. The van der Waals surface area contributed by atoms with Gasteiger partial charge in [-0.25, -0.2) is 8.42 Å². The largest absolute Gasteiger partial charge is 0.484 e. The predicted octanol–water partition coefficient (Wildman–Crippen LogP) is 2.24. The summed E-state index contributed by atoms with van der Waals surface area (Å²) in [4.78, 5) is 14.4. The van der Waals surface area contributed by atoms with E-state index in [4.69, 9.17) is 9.47 Å². The first-order valence-corrected chi connectivity index (χ1v) is 12.1. The maximum atomic E-state index is 12.7. The first kappa shape index (κ1) is 24.0. The van der Waals surface area contributed by atoms with Crippen molar-refractivity contribution < 1.29 is 22.7 Å². The first-order valence-electron chi connectivity index (χ1n) is 10.6. The Morgan fingerprint density at radius 1 is 1.03 bits per heavy atom. The van der Waals surface area contributed by atoms with Gasteiger partial charge in [0.05, 0.1) is 18.1 Å². The number of rotatable bonds is 9. The predicted molar refractivity (Wildman–Crippen MR) is 124 cm³/mol. The Morgan fingerprint density at radius 2 is 1.78 bits per heavy atom. The molecule has 174 valence electrons. The highest BCUT2D eigenvalue weighted by Gasteiger charge is 2.17. The fourth-order valence-corrected chi connectivity index (χ4v) is 4.48. The van der Waals surface area contributed by atoms with Gasteiger partial charge in [0.15, 0.2) is 6.61 Å². The molecule has 1 heterocycles. The number of sulfonamides is 1. The summed E-state index contributed by atoms with van der Waals surface area (Å²) in [5, 5.41) is 2.84. The number of hydrogen-bond acceptors (Lipinski definition) is 6. The van der Waals surface area contributed by atoms with E-state index in [1.54, 1.807) is 25.1 Å². The Hall–Kier alpha value is -2.62. The summed E-state index contributed by atoms with van der Waals surface area (Å²) in [6.07, 6.45) is 0. The SMILES string of the molecule is Cc1ccc(NS(=O)(=O)c2ccc(OCC(=O)NCCN3CCOCC3)c(C)c2)cc1C. The van der Waals surface area contributed by atoms with Gasteiger partial charge in [-0.3, -0.25) is 14.4 Å². The summed E-state index contributed by atoms with van der Waals surface area (Å²) in [7, 11) is -3.73. The van der Waals surface area contributed by atoms with Gasteiger partial charge < -0.3 is 14.8 Å². The lowest BCUT2D eigenvalue weighted by atomic mass is 10.1. The van der Waals surface area contributed by atoms with E-state index in [0.717, 1.165) is 44.0 Å². The third-order valence-corrected chi connectivity index (χ3v) is 6.81. The smallest absolute Gasteiger partial charge is 0.261 e. The van der Waals surface area contributed by atoms with Crippen molar-refractivity contribution in [2.45, 2.75) is 25.7 Å². The molecule has 2 N–H and O–H groups in total. The van der Waals surface area contributed by atoms with E-state index < -0.39 is 10.0 Å². The maximum Gasteiger partial charge on any atom is 0.261 e. The number of nitrogens with one attached hydrogen (secondary N) is 2. The van der Waals surface area contributed by atoms with Crippen molar-refractivity contribution in [3.63, 3.8) is 0 Å². The molecule has 1 saturated heterocycles. The quantitative estimate of drug-likeness (QED) is 0.595. The van der Waals surface area contributed by atoms with Crippen molar-refractivity contribution in [1.29, 1.82) is 0 Å². The number of ether oxygens (including phenoxy) is 2. The Kier molecular flexibility index (Phi) is 8.11. The van der Waals surface area contributed by atoms with E-state index >= 15 is 0 Å². The second kappa shape index (κ2) is 10.8. The molecular formula is C23H31N3O5S. The van der Waals surface area contributed by atoms with Crippen molar-refractivity contribution in [2.24, 2.45) is 0 Å². The van der Waals surface area contributed by atoms with E-state index in [0.29, 0.717) is 23.5 Å². The lowest BCUT2D eigenvalue weighted by molar-refractivity contribution is -0.123. The molecule has 9 heteroatoms. The number of benzene rings is 2. The lowest BCUT2D eigenvalue weighted by Crippen LogP contribution is -2.42. The monoisotopic (exact) mass is 461 g/mol. The normalized spacial score (nSPS) is 14.7. The van der Waals surface area contributed by atoms with Crippen LogP contribution in [0.3, 0.4) is 0 Å². The third kappa shape index (κ3) is 6.69. The highest BCUT2D eigenvalue weighted by atomic mass is 32.2. The molecule has 0 bridgehead atoms. The van der Waals surface area contributed by atoms with Gasteiger partial charge in [0, 0.05) is 31.9 Å². The van der Waals surface area contributed by atoms with Gasteiger partial charge in [0.2, 0.25) is 0 Å². The van der Waals surface area contributed by atoms with Gasteiger partial charge in [0.25, 0.3) is 15.9 Å². The molecule has 8 nitrogen and oxygen atoms in total. The average Bonchev–Trinajstić information content (AvgIpc) is 2.76. The molecule has 2 aromatic rings. The molecule has 1 fully saturated rings. The van der Waals surface area contributed by atoms with E-state index in [1.807, 2.05) is 19.9 Å². The number of hydrogen-bond donors (Lipinski definition) is 2. The number of nitrogens with zero attached hydrogens (tertiary/aromatic N) is 1. The molecule has 0 atom stereocenters. The van der Waals surface area contributed by atoms with Crippen LogP contribution in [0.2, 0.25) is 0 Å². The summed E-state index contributed by atoms with van der Waals surface area (Å²) in [6.45, 7) is 10.0. The zero-order valence-electron chi connectivity index (χ0n) is 18.8. The molecule has 3 rings (SSSR count). The summed E-state index contributed by atoms with van der Waals surface area (Å²) < 4.78 is 39.0. The molecule has 32 heavy (non-hydrogen) atoms. The molecular weight excluding hydrogens is 430 g/mol. The van der Waals surface area contributed by atoms with Crippen molar-refractivity contribution in [3.05, 3.63) is 53.1 Å². The number of morpholine rings is 1. The lowest BCUT2D eigenvalue weighted by Gasteiger charge is -2.26. The van der Waals surface area contributed by atoms with Crippen molar-refractivity contribution in [2.75, 3.05) is 50.7 Å². The maximum absolute atomic E-state index is 12.7. The van der Waals surface area contributed by atoms with Crippen molar-refractivity contribution in [3.8, 4) is 5.75 Å². The van der Waals surface area contributed by atoms with Crippen LogP contribution >= 0.6 is 0 Å². The first-order chi connectivity index (χ1) is 15.2. The molecule has 0 spiro atoms. The second-order valence-electron chi connectivity index (χ2n) is 7.92. The summed E-state index contributed by atoms with van der Waals surface area (Å²) in [5.41, 5.74) is 3.25. The number of anilines is 1. The van der Waals surface area contributed by atoms with Gasteiger partial charge >= 0.3 is 0 Å². The van der Waals surface area contributed by atoms with Crippen LogP contribution in [-0.4, -0.2) is 65.2 Å². The van der Waals surface area contributed by atoms with Gasteiger partial charge in [-0.15, -0.1) is 0 Å². The molecule has 0 aromatic heterocycles. The molecule has 0 radical (unpaired) electrons. The Balaban J connectivity index is 1.52. The van der Waals surface area contributed by atoms with Gasteiger partial charge in [-0.1, -0.05) is 6.07 Å². The van der Waals surface area contributed by atoms with Crippen LogP contribution in [0.1, 0.15) is 16.7 Å².